The van der Waals surface area contributed by atoms with Gasteiger partial charge < -0.3 is 10.4 Å². The van der Waals surface area contributed by atoms with Gasteiger partial charge in [-0.3, -0.25) is 9.78 Å². The van der Waals surface area contributed by atoms with Crippen LogP contribution in [0.15, 0.2) is 54.9 Å². The molecule has 2 N–H and O–H groups in total. The average Bonchev–Trinajstić information content (AvgIpc) is 2.47. The molecular formula is C16H11FN2O2. The molecule has 0 unspecified atom stereocenters. The van der Waals surface area contributed by atoms with Crippen molar-refractivity contribution in [1.82, 2.24) is 4.98 Å². The lowest BCUT2D eigenvalue weighted by Gasteiger charge is -2.09. The maximum absolute atomic E-state index is 12.9. The van der Waals surface area contributed by atoms with Crippen molar-refractivity contribution in [2.75, 3.05) is 5.32 Å². The van der Waals surface area contributed by atoms with Crippen LogP contribution in [0.5, 0.6) is 5.75 Å². The zero-order valence-corrected chi connectivity index (χ0v) is 10.9. The molecule has 0 saturated heterocycles. The van der Waals surface area contributed by atoms with Crippen LogP contribution in [0.25, 0.3) is 10.8 Å². The summed E-state index contributed by atoms with van der Waals surface area (Å²) >= 11 is 0. The maximum Gasteiger partial charge on any atom is 0.259 e. The van der Waals surface area contributed by atoms with Gasteiger partial charge in [0.15, 0.2) is 0 Å². The monoisotopic (exact) mass is 282 g/mol. The summed E-state index contributed by atoms with van der Waals surface area (Å²) in [6.07, 6.45) is 3.33. The molecule has 0 spiro atoms. The minimum Gasteiger partial charge on any atom is -0.507 e. The normalized spacial score (nSPS) is 10.5. The van der Waals surface area contributed by atoms with Crippen molar-refractivity contribution in [2.45, 2.75) is 0 Å². The third-order valence-corrected chi connectivity index (χ3v) is 3.13. The predicted molar refractivity (Wildman–Crippen MR) is 77.8 cm³/mol. The van der Waals surface area contributed by atoms with E-state index in [-0.39, 0.29) is 5.56 Å². The van der Waals surface area contributed by atoms with Gasteiger partial charge in [0.25, 0.3) is 5.91 Å². The molecule has 0 aliphatic rings. The summed E-state index contributed by atoms with van der Waals surface area (Å²) in [4.78, 5) is 16.2. The lowest BCUT2D eigenvalue weighted by Crippen LogP contribution is -2.12. The third-order valence-electron chi connectivity index (χ3n) is 3.13. The fourth-order valence-corrected chi connectivity index (χ4v) is 2.12. The van der Waals surface area contributed by atoms with Gasteiger partial charge in [0.2, 0.25) is 0 Å². The number of rotatable bonds is 2. The first-order chi connectivity index (χ1) is 10.1. The van der Waals surface area contributed by atoms with Gasteiger partial charge in [-0.05, 0) is 24.3 Å². The minimum absolute atomic E-state index is 0.0162. The van der Waals surface area contributed by atoms with E-state index in [1.807, 2.05) is 6.07 Å². The van der Waals surface area contributed by atoms with Crippen molar-refractivity contribution in [1.29, 1.82) is 0 Å². The van der Waals surface area contributed by atoms with E-state index in [1.54, 1.807) is 30.6 Å². The fraction of sp³-hybridized carbons (Fsp3) is 0. The van der Waals surface area contributed by atoms with Crippen molar-refractivity contribution in [2.24, 2.45) is 0 Å². The van der Waals surface area contributed by atoms with Crippen molar-refractivity contribution in [3.63, 3.8) is 0 Å². The number of nitrogens with zero attached hydrogens (tertiary/aromatic N) is 1. The van der Waals surface area contributed by atoms with E-state index >= 15 is 0 Å². The highest BCUT2D eigenvalue weighted by molar-refractivity contribution is 6.10. The number of phenolic OH excluding ortho intramolecular Hbond substituents is 1. The van der Waals surface area contributed by atoms with Crippen LogP contribution in [0.4, 0.5) is 10.1 Å². The molecule has 21 heavy (non-hydrogen) atoms. The van der Waals surface area contributed by atoms with Crippen molar-refractivity contribution >= 4 is 22.4 Å². The number of carbonyl (C=O) groups is 1. The Labute approximate surface area is 119 Å². The zero-order chi connectivity index (χ0) is 14.8. The summed E-state index contributed by atoms with van der Waals surface area (Å²) in [5.41, 5.74) is 0.617. The Morgan fingerprint density at radius 1 is 1.19 bits per heavy atom. The standard InChI is InChI=1S/C16H11FN2O2/c17-11-4-5-13(15(20)8-11)16(21)19-14-3-1-2-10-9-18-7-6-12(10)14/h1-9,20H,(H,19,21). The topological polar surface area (TPSA) is 62.2 Å². The quantitative estimate of drug-likeness (QED) is 0.757. The second-order valence-corrected chi connectivity index (χ2v) is 4.52. The number of fused-ring (bicyclic) bond motifs is 1. The van der Waals surface area contributed by atoms with Crippen LogP contribution in [0.1, 0.15) is 10.4 Å². The van der Waals surface area contributed by atoms with Crippen LogP contribution in [0.2, 0.25) is 0 Å². The van der Waals surface area contributed by atoms with Gasteiger partial charge in [-0.2, -0.15) is 0 Å². The van der Waals surface area contributed by atoms with Gasteiger partial charge in [0.05, 0.1) is 5.56 Å². The molecule has 3 aromatic rings. The lowest BCUT2D eigenvalue weighted by molar-refractivity contribution is 0.102. The Kier molecular flexibility index (Phi) is 3.23. The molecule has 1 amide bonds. The summed E-state index contributed by atoms with van der Waals surface area (Å²) in [5.74, 6) is -1.49. The highest BCUT2D eigenvalue weighted by Gasteiger charge is 2.13. The number of pyridine rings is 1. The molecule has 104 valence electrons. The van der Waals surface area contributed by atoms with Crippen molar-refractivity contribution < 1.29 is 14.3 Å². The molecule has 0 bridgehead atoms. The van der Waals surface area contributed by atoms with Crippen LogP contribution in [-0.2, 0) is 0 Å². The van der Waals surface area contributed by atoms with E-state index in [0.29, 0.717) is 5.69 Å². The first kappa shape index (κ1) is 13.1. The van der Waals surface area contributed by atoms with E-state index in [9.17, 15) is 14.3 Å². The van der Waals surface area contributed by atoms with Gasteiger partial charge >= 0.3 is 0 Å². The Morgan fingerprint density at radius 3 is 2.86 bits per heavy atom. The molecule has 3 rings (SSSR count). The highest BCUT2D eigenvalue weighted by Crippen LogP contribution is 2.24. The molecule has 0 atom stereocenters. The first-order valence-electron chi connectivity index (χ1n) is 6.28. The van der Waals surface area contributed by atoms with Gasteiger partial charge in [-0.15, -0.1) is 0 Å². The van der Waals surface area contributed by atoms with Crippen molar-refractivity contribution in [3.05, 3.63) is 66.2 Å². The van der Waals surface area contributed by atoms with Crippen LogP contribution in [-0.4, -0.2) is 16.0 Å². The SMILES string of the molecule is O=C(Nc1cccc2cnccc12)c1ccc(F)cc1O. The first-order valence-corrected chi connectivity index (χ1v) is 6.28. The number of aromatic nitrogens is 1. The van der Waals surface area contributed by atoms with Crippen LogP contribution < -0.4 is 5.32 Å². The predicted octanol–water partition coefficient (Wildman–Crippen LogP) is 3.33. The van der Waals surface area contributed by atoms with E-state index in [4.69, 9.17) is 0 Å². The molecule has 2 aromatic carbocycles. The van der Waals surface area contributed by atoms with Gasteiger partial charge in [0.1, 0.15) is 11.6 Å². The van der Waals surface area contributed by atoms with Gasteiger partial charge in [-0.1, -0.05) is 12.1 Å². The van der Waals surface area contributed by atoms with E-state index in [2.05, 4.69) is 10.3 Å². The molecule has 5 heteroatoms. The minimum atomic E-state index is -0.597. The largest absolute Gasteiger partial charge is 0.507 e. The molecule has 0 fully saturated rings. The summed E-state index contributed by atoms with van der Waals surface area (Å²) in [5, 5.41) is 14.1. The number of hydrogen-bond donors (Lipinski definition) is 2. The Bertz CT molecular complexity index is 828. The van der Waals surface area contributed by atoms with Crippen LogP contribution in [0.3, 0.4) is 0 Å². The van der Waals surface area contributed by atoms with Crippen LogP contribution >= 0.6 is 0 Å². The summed E-state index contributed by atoms with van der Waals surface area (Å²) in [6, 6.07) is 10.5. The second-order valence-electron chi connectivity index (χ2n) is 4.52. The number of phenols is 1. The molecular weight excluding hydrogens is 271 g/mol. The van der Waals surface area contributed by atoms with E-state index < -0.39 is 17.5 Å². The Morgan fingerprint density at radius 2 is 2.05 bits per heavy atom. The molecule has 1 aromatic heterocycles. The Hall–Kier alpha value is -2.95. The lowest BCUT2D eigenvalue weighted by atomic mass is 10.1. The zero-order valence-electron chi connectivity index (χ0n) is 10.9. The van der Waals surface area contributed by atoms with E-state index in [0.717, 1.165) is 22.9 Å². The number of hydrogen-bond acceptors (Lipinski definition) is 3. The second kappa shape index (κ2) is 5.20. The Balaban J connectivity index is 1.97. The molecule has 4 nitrogen and oxygen atoms in total. The number of aromatic hydroxyl groups is 1. The smallest absolute Gasteiger partial charge is 0.259 e. The van der Waals surface area contributed by atoms with Gasteiger partial charge in [-0.25, -0.2) is 4.39 Å². The number of nitrogens with one attached hydrogen (secondary N) is 1. The third kappa shape index (κ3) is 2.53. The molecule has 1 heterocycles. The number of benzene rings is 2. The maximum atomic E-state index is 12.9. The summed E-state index contributed by atoms with van der Waals surface area (Å²) in [6.45, 7) is 0. The summed E-state index contributed by atoms with van der Waals surface area (Å²) in [7, 11) is 0. The number of anilines is 1. The van der Waals surface area contributed by atoms with Gasteiger partial charge in [0, 0.05) is 34.9 Å². The fourth-order valence-electron chi connectivity index (χ4n) is 2.12. The molecule has 0 aliphatic carbocycles. The molecule has 0 saturated carbocycles. The number of carbonyl (C=O) groups excluding carboxylic acids is 1. The number of halogens is 1. The summed E-state index contributed by atoms with van der Waals surface area (Å²) < 4.78 is 12.9. The highest BCUT2D eigenvalue weighted by atomic mass is 19.1. The van der Waals surface area contributed by atoms with E-state index in [1.165, 1.54) is 6.07 Å². The number of amides is 1. The molecule has 0 radical (unpaired) electrons. The van der Waals surface area contributed by atoms with Crippen LogP contribution in [0, 0.1) is 5.82 Å². The average molecular weight is 282 g/mol. The van der Waals surface area contributed by atoms with Crippen molar-refractivity contribution in [3.8, 4) is 5.75 Å². The molecule has 0 aliphatic heterocycles.